The molecule has 0 saturated carbocycles. The normalized spacial score (nSPS) is 9.65. The lowest BCUT2D eigenvalue weighted by Gasteiger charge is -2.09. The number of amides is 2. The Morgan fingerprint density at radius 3 is 2.50 bits per heavy atom. The minimum Gasteiger partial charge on any atom is -0.308 e. The van der Waals surface area contributed by atoms with Crippen LogP contribution in [0.1, 0.15) is 5.56 Å². The summed E-state index contributed by atoms with van der Waals surface area (Å²) in [6.45, 7) is 0. The summed E-state index contributed by atoms with van der Waals surface area (Å²) in [4.78, 5) is 11.8. The number of anilines is 2. The van der Waals surface area contributed by atoms with Gasteiger partial charge in [-0.3, -0.25) is 0 Å². The van der Waals surface area contributed by atoms with Gasteiger partial charge in [0, 0.05) is 5.69 Å². The maximum atomic E-state index is 12.7. The number of nitriles is 1. The smallest absolute Gasteiger partial charge is 0.308 e. The van der Waals surface area contributed by atoms with Crippen LogP contribution >= 0.6 is 11.6 Å². The van der Waals surface area contributed by atoms with Gasteiger partial charge in [0.2, 0.25) is 0 Å². The first-order valence-electron chi connectivity index (χ1n) is 5.62. The molecule has 0 aliphatic heterocycles. The van der Waals surface area contributed by atoms with E-state index in [1.807, 2.05) is 6.07 Å². The maximum absolute atomic E-state index is 12.7. The van der Waals surface area contributed by atoms with Gasteiger partial charge in [-0.25, -0.2) is 9.18 Å². The van der Waals surface area contributed by atoms with Crippen LogP contribution in [0.15, 0.2) is 42.5 Å². The van der Waals surface area contributed by atoms with Gasteiger partial charge in [-0.15, -0.1) is 0 Å². The van der Waals surface area contributed by atoms with Gasteiger partial charge in [-0.1, -0.05) is 11.6 Å². The van der Waals surface area contributed by atoms with Crippen LogP contribution in [0.5, 0.6) is 0 Å². The van der Waals surface area contributed by atoms with Crippen molar-refractivity contribution in [2.45, 2.75) is 0 Å². The summed E-state index contributed by atoms with van der Waals surface area (Å²) in [6, 6.07) is 11.3. The van der Waals surface area contributed by atoms with E-state index in [-0.39, 0.29) is 5.82 Å². The third kappa shape index (κ3) is 3.46. The molecule has 0 aliphatic carbocycles. The lowest BCUT2D eigenvalue weighted by Crippen LogP contribution is -2.19. The van der Waals surface area contributed by atoms with Gasteiger partial charge in [-0.05, 0) is 42.5 Å². The molecule has 2 N–H and O–H groups in total. The van der Waals surface area contributed by atoms with E-state index in [0.717, 1.165) is 0 Å². The number of rotatable bonds is 2. The third-order valence-corrected chi connectivity index (χ3v) is 2.78. The zero-order valence-corrected chi connectivity index (χ0v) is 10.9. The molecule has 0 aliphatic rings. The van der Waals surface area contributed by atoms with Crippen molar-refractivity contribution < 1.29 is 9.18 Å². The van der Waals surface area contributed by atoms with Crippen molar-refractivity contribution in [1.82, 2.24) is 0 Å². The first kappa shape index (κ1) is 13.8. The highest BCUT2D eigenvalue weighted by molar-refractivity contribution is 6.33. The van der Waals surface area contributed by atoms with Crippen LogP contribution in [0.25, 0.3) is 0 Å². The zero-order chi connectivity index (χ0) is 14.5. The van der Waals surface area contributed by atoms with Crippen LogP contribution in [-0.2, 0) is 0 Å². The Morgan fingerprint density at radius 1 is 1.15 bits per heavy atom. The van der Waals surface area contributed by atoms with E-state index < -0.39 is 6.03 Å². The Bertz CT molecular complexity index is 680. The van der Waals surface area contributed by atoms with Crippen molar-refractivity contribution in [3.05, 3.63) is 58.9 Å². The van der Waals surface area contributed by atoms with Crippen LogP contribution in [0.3, 0.4) is 0 Å². The predicted octanol–water partition coefficient (Wildman–Crippen LogP) is 3.99. The van der Waals surface area contributed by atoms with Gasteiger partial charge < -0.3 is 10.6 Å². The van der Waals surface area contributed by atoms with Crippen LogP contribution in [0.2, 0.25) is 5.02 Å². The Balaban J connectivity index is 2.08. The second-order valence-corrected chi connectivity index (χ2v) is 4.30. The molecule has 0 radical (unpaired) electrons. The van der Waals surface area contributed by atoms with E-state index in [0.29, 0.717) is 22.0 Å². The monoisotopic (exact) mass is 289 g/mol. The summed E-state index contributed by atoms with van der Waals surface area (Å²) in [6.07, 6.45) is 0. The Labute approximate surface area is 119 Å². The van der Waals surface area contributed by atoms with Crippen LogP contribution in [0, 0.1) is 17.1 Å². The van der Waals surface area contributed by atoms with Crippen molar-refractivity contribution in [2.24, 2.45) is 0 Å². The Morgan fingerprint density at radius 2 is 1.85 bits per heavy atom. The molecule has 0 heterocycles. The number of carbonyl (C=O) groups is 1. The Hall–Kier alpha value is -2.58. The van der Waals surface area contributed by atoms with E-state index in [4.69, 9.17) is 16.9 Å². The molecule has 0 atom stereocenters. The van der Waals surface area contributed by atoms with Crippen molar-refractivity contribution >= 4 is 29.0 Å². The number of urea groups is 1. The summed E-state index contributed by atoms with van der Waals surface area (Å²) in [7, 11) is 0. The lowest BCUT2D eigenvalue weighted by atomic mass is 10.2. The first-order valence-corrected chi connectivity index (χ1v) is 5.99. The second kappa shape index (κ2) is 6.04. The third-order valence-electron chi connectivity index (χ3n) is 2.45. The van der Waals surface area contributed by atoms with Crippen molar-refractivity contribution in [1.29, 1.82) is 5.26 Å². The van der Waals surface area contributed by atoms with E-state index >= 15 is 0 Å². The summed E-state index contributed by atoms with van der Waals surface area (Å²) in [5.74, 6) is -0.388. The van der Waals surface area contributed by atoms with Gasteiger partial charge in [0.1, 0.15) is 5.82 Å². The van der Waals surface area contributed by atoms with E-state index in [1.165, 1.54) is 36.4 Å². The molecule has 2 rings (SSSR count). The highest BCUT2D eigenvalue weighted by atomic mass is 35.5. The van der Waals surface area contributed by atoms with Crippen molar-refractivity contribution in [3.8, 4) is 6.07 Å². The molecule has 20 heavy (non-hydrogen) atoms. The van der Waals surface area contributed by atoms with Crippen molar-refractivity contribution in [3.63, 3.8) is 0 Å². The SMILES string of the molecule is N#Cc1ccc(Cl)c(NC(=O)Nc2ccc(F)cc2)c1. The molecule has 0 saturated heterocycles. The van der Waals surface area contributed by atoms with Gasteiger partial charge in [-0.2, -0.15) is 5.26 Å². The lowest BCUT2D eigenvalue weighted by molar-refractivity contribution is 0.262. The fourth-order valence-corrected chi connectivity index (χ4v) is 1.67. The molecular weight excluding hydrogens is 281 g/mol. The van der Waals surface area contributed by atoms with E-state index in [1.54, 1.807) is 6.07 Å². The zero-order valence-electron chi connectivity index (χ0n) is 10.2. The van der Waals surface area contributed by atoms with E-state index in [9.17, 15) is 9.18 Å². The largest absolute Gasteiger partial charge is 0.323 e. The number of hydrogen-bond acceptors (Lipinski definition) is 2. The molecule has 100 valence electrons. The van der Waals surface area contributed by atoms with E-state index in [2.05, 4.69) is 10.6 Å². The summed E-state index contributed by atoms with van der Waals surface area (Å²) >= 11 is 5.92. The highest BCUT2D eigenvalue weighted by Crippen LogP contribution is 2.23. The van der Waals surface area contributed by atoms with Crippen LogP contribution in [-0.4, -0.2) is 6.03 Å². The number of halogens is 2. The van der Waals surface area contributed by atoms with Crippen LogP contribution in [0.4, 0.5) is 20.6 Å². The average Bonchev–Trinajstić information content (AvgIpc) is 2.44. The summed E-state index contributed by atoms with van der Waals surface area (Å²) in [5, 5.41) is 14.2. The number of hydrogen-bond donors (Lipinski definition) is 2. The molecule has 0 fully saturated rings. The number of nitrogens with one attached hydrogen (secondary N) is 2. The predicted molar refractivity (Wildman–Crippen MR) is 75.2 cm³/mol. The molecule has 0 unspecified atom stereocenters. The summed E-state index contributed by atoms with van der Waals surface area (Å²) in [5.41, 5.74) is 1.15. The summed E-state index contributed by atoms with van der Waals surface area (Å²) < 4.78 is 12.7. The minimum atomic E-state index is -0.534. The molecular formula is C14H9ClFN3O. The molecule has 0 spiro atoms. The fourth-order valence-electron chi connectivity index (χ4n) is 1.51. The first-order chi connectivity index (χ1) is 9.58. The fraction of sp³-hybridized carbons (Fsp3) is 0. The molecule has 0 aromatic heterocycles. The molecule has 2 amide bonds. The molecule has 2 aromatic carbocycles. The average molecular weight is 290 g/mol. The highest BCUT2D eigenvalue weighted by Gasteiger charge is 2.07. The van der Waals surface area contributed by atoms with Gasteiger partial charge in [0.05, 0.1) is 22.3 Å². The number of carbonyl (C=O) groups excluding carboxylic acids is 1. The quantitative estimate of drug-likeness (QED) is 0.878. The standard InChI is InChI=1S/C14H9ClFN3O/c15-12-6-1-9(8-17)7-13(12)19-14(20)18-11-4-2-10(16)3-5-11/h1-7H,(H2,18,19,20). The maximum Gasteiger partial charge on any atom is 0.323 e. The van der Waals surface area contributed by atoms with Gasteiger partial charge >= 0.3 is 6.03 Å². The Kier molecular flexibility index (Phi) is 4.18. The molecule has 0 bridgehead atoms. The number of benzene rings is 2. The van der Waals surface area contributed by atoms with Gasteiger partial charge in [0.15, 0.2) is 0 Å². The minimum absolute atomic E-state index is 0.318. The number of nitrogens with zero attached hydrogens (tertiary/aromatic N) is 1. The molecule has 2 aromatic rings. The topological polar surface area (TPSA) is 64.9 Å². The molecule has 4 nitrogen and oxygen atoms in total. The molecule has 6 heteroatoms. The van der Waals surface area contributed by atoms with Gasteiger partial charge in [0.25, 0.3) is 0 Å². The van der Waals surface area contributed by atoms with Crippen molar-refractivity contribution in [2.75, 3.05) is 10.6 Å². The van der Waals surface area contributed by atoms with Crippen LogP contribution < -0.4 is 10.6 Å². The second-order valence-electron chi connectivity index (χ2n) is 3.89.